The molecule has 1 aromatic carbocycles. The van der Waals surface area contributed by atoms with Crippen molar-refractivity contribution in [2.24, 2.45) is 5.73 Å². The number of benzene rings is 1. The van der Waals surface area contributed by atoms with Crippen molar-refractivity contribution in [1.29, 1.82) is 0 Å². The standard InChI is InChI=1S/C12H15N5O2S/c1-16(11(18)7-17(2)12(13)19)6-8-3-4-9-10(5-8)15-20-14-9/h3-5H,6-7H2,1-2H3,(H2,13,19). The van der Waals surface area contributed by atoms with E-state index in [1.165, 1.54) is 11.9 Å². The van der Waals surface area contributed by atoms with Gasteiger partial charge in [0.05, 0.1) is 11.7 Å². The SMILES string of the molecule is CN(CC(=O)N(C)Cc1ccc2nsnc2c1)C(N)=O. The molecule has 2 N–H and O–H groups in total. The molecule has 0 atom stereocenters. The molecule has 0 saturated heterocycles. The Morgan fingerprint density at radius 2 is 1.90 bits per heavy atom. The number of fused-ring (bicyclic) bond motifs is 1. The first-order valence-corrected chi connectivity index (χ1v) is 6.66. The number of primary amides is 1. The summed E-state index contributed by atoms with van der Waals surface area (Å²) in [6.07, 6.45) is 0. The lowest BCUT2D eigenvalue weighted by Crippen LogP contribution is -2.41. The molecule has 0 bridgehead atoms. The monoisotopic (exact) mass is 293 g/mol. The fourth-order valence-electron chi connectivity index (χ4n) is 1.69. The normalized spacial score (nSPS) is 10.5. The molecule has 8 heteroatoms. The summed E-state index contributed by atoms with van der Waals surface area (Å²) in [6.45, 7) is 0.408. The molecule has 0 spiro atoms. The number of hydrogen-bond donors (Lipinski definition) is 1. The third kappa shape index (κ3) is 3.21. The van der Waals surface area contributed by atoms with E-state index in [-0.39, 0.29) is 12.5 Å². The Morgan fingerprint density at radius 1 is 1.20 bits per heavy atom. The van der Waals surface area contributed by atoms with Gasteiger partial charge < -0.3 is 15.5 Å². The van der Waals surface area contributed by atoms with Gasteiger partial charge in [-0.3, -0.25) is 4.79 Å². The summed E-state index contributed by atoms with van der Waals surface area (Å²) in [7, 11) is 3.17. The van der Waals surface area contributed by atoms with Crippen molar-refractivity contribution in [1.82, 2.24) is 18.5 Å². The smallest absolute Gasteiger partial charge is 0.314 e. The molecule has 1 heterocycles. The number of carbonyl (C=O) groups is 2. The highest BCUT2D eigenvalue weighted by molar-refractivity contribution is 7.00. The molecule has 0 fully saturated rings. The molecule has 0 unspecified atom stereocenters. The summed E-state index contributed by atoms with van der Waals surface area (Å²) in [6, 6.07) is 5.06. The van der Waals surface area contributed by atoms with E-state index in [0.29, 0.717) is 6.54 Å². The van der Waals surface area contributed by atoms with Gasteiger partial charge in [-0.05, 0) is 17.7 Å². The van der Waals surface area contributed by atoms with E-state index in [2.05, 4.69) is 8.75 Å². The third-order valence-corrected chi connectivity index (χ3v) is 3.47. The Morgan fingerprint density at radius 3 is 2.60 bits per heavy atom. The summed E-state index contributed by atoms with van der Waals surface area (Å²) >= 11 is 1.16. The largest absolute Gasteiger partial charge is 0.351 e. The van der Waals surface area contributed by atoms with Crippen LogP contribution >= 0.6 is 11.7 Å². The summed E-state index contributed by atoms with van der Waals surface area (Å²) in [5.74, 6) is -0.178. The van der Waals surface area contributed by atoms with E-state index in [0.717, 1.165) is 28.3 Å². The fourth-order valence-corrected chi connectivity index (χ4v) is 2.21. The second kappa shape index (κ2) is 5.83. The van der Waals surface area contributed by atoms with Crippen molar-refractivity contribution < 1.29 is 9.59 Å². The number of hydrogen-bond acceptors (Lipinski definition) is 5. The highest BCUT2D eigenvalue weighted by Gasteiger charge is 2.14. The van der Waals surface area contributed by atoms with Gasteiger partial charge in [-0.25, -0.2) is 4.79 Å². The average molecular weight is 293 g/mol. The van der Waals surface area contributed by atoms with Gasteiger partial charge in [-0.2, -0.15) is 8.75 Å². The van der Waals surface area contributed by atoms with Gasteiger partial charge in [-0.1, -0.05) is 6.07 Å². The Labute approximate surface area is 120 Å². The predicted octanol–water partition coefficient (Wildman–Crippen LogP) is 0.660. The summed E-state index contributed by atoms with van der Waals surface area (Å²) < 4.78 is 8.29. The molecule has 20 heavy (non-hydrogen) atoms. The van der Waals surface area contributed by atoms with Crippen molar-refractivity contribution in [2.75, 3.05) is 20.6 Å². The maximum atomic E-state index is 11.9. The van der Waals surface area contributed by atoms with Crippen LogP contribution in [0.3, 0.4) is 0 Å². The Hall–Kier alpha value is -2.22. The predicted molar refractivity (Wildman–Crippen MR) is 76.1 cm³/mol. The topological polar surface area (TPSA) is 92.4 Å². The molecule has 2 aromatic rings. The Balaban J connectivity index is 2.01. The van der Waals surface area contributed by atoms with E-state index in [9.17, 15) is 9.59 Å². The summed E-state index contributed by atoms with van der Waals surface area (Å²) in [5, 5.41) is 0. The molecule has 106 valence electrons. The second-order valence-electron chi connectivity index (χ2n) is 4.53. The van der Waals surface area contributed by atoms with Crippen molar-refractivity contribution in [3.8, 4) is 0 Å². The van der Waals surface area contributed by atoms with Gasteiger partial charge in [0.25, 0.3) is 0 Å². The maximum absolute atomic E-state index is 11.9. The number of rotatable bonds is 4. The second-order valence-corrected chi connectivity index (χ2v) is 5.06. The van der Waals surface area contributed by atoms with Crippen molar-refractivity contribution in [2.45, 2.75) is 6.54 Å². The lowest BCUT2D eigenvalue weighted by molar-refractivity contribution is -0.130. The molecule has 2 rings (SSSR count). The highest BCUT2D eigenvalue weighted by atomic mass is 32.1. The maximum Gasteiger partial charge on any atom is 0.314 e. The third-order valence-electron chi connectivity index (χ3n) is 2.91. The van der Waals surface area contributed by atoms with Crippen LogP contribution in [0.15, 0.2) is 18.2 Å². The minimum atomic E-state index is -0.623. The van der Waals surface area contributed by atoms with Crippen LogP contribution in [0.4, 0.5) is 4.79 Å². The van der Waals surface area contributed by atoms with E-state index in [1.54, 1.807) is 11.9 Å². The zero-order valence-electron chi connectivity index (χ0n) is 11.2. The van der Waals surface area contributed by atoms with Gasteiger partial charge in [0.15, 0.2) is 0 Å². The molecular weight excluding hydrogens is 278 g/mol. The van der Waals surface area contributed by atoms with Crippen LogP contribution in [0.2, 0.25) is 0 Å². The number of amides is 3. The van der Waals surface area contributed by atoms with Crippen molar-refractivity contribution in [3.05, 3.63) is 23.8 Å². The zero-order chi connectivity index (χ0) is 14.7. The minimum Gasteiger partial charge on any atom is -0.351 e. The molecule has 3 amide bonds. The lowest BCUT2D eigenvalue weighted by Gasteiger charge is -2.20. The van der Waals surface area contributed by atoms with Crippen LogP contribution < -0.4 is 5.73 Å². The number of carbonyl (C=O) groups excluding carboxylic acids is 2. The highest BCUT2D eigenvalue weighted by Crippen LogP contribution is 2.14. The Kier molecular flexibility index (Phi) is 4.14. The molecule has 0 saturated carbocycles. The van der Waals surface area contributed by atoms with Crippen molar-refractivity contribution in [3.63, 3.8) is 0 Å². The van der Waals surface area contributed by atoms with Gasteiger partial charge in [0.1, 0.15) is 17.6 Å². The van der Waals surface area contributed by atoms with Gasteiger partial charge in [-0.15, -0.1) is 0 Å². The van der Waals surface area contributed by atoms with Crippen LogP contribution in [0.1, 0.15) is 5.56 Å². The Bertz CT molecular complexity index is 642. The van der Waals surface area contributed by atoms with Crippen LogP contribution in [0, 0.1) is 0 Å². The van der Waals surface area contributed by atoms with E-state index in [4.69, 9.17) is 5.73 Å². The van der Waals surface area contributed by atoms with E-state index >= 15 is 0 Å². The first-order valence-electron chi connectivity index (χ1n) is 5.93. The van der Waals surface area contributed by atoms with Gasteiger partial charge in [0.2, 0.25) is 5.91 Å². The zero-order valence-corrected chi connectivity index (χ0v) is 12.1. The number of likely N-dealkylation sites (N-methyl/N-ethyl adjacent to an activating group) is 2. The molecule has 7 nitrogen and oxygen atoms in total. The van der Waals surface area contributed by atoms with E-state index < -0.39 is 6.03 Å². The minimum absolute atomic E-state index is 0.0354. The quantitative estimate of drug-likeness (QED) is 0.896. The number of nitrogens with two attached hydrogens (primary N) is 1. The lowest BCUT2D eigenvalue weighted by atomic mass is 10.2. The first-order chi connectivity index (χ1) is 9.47. The molecular formula is C12H15N5O2S. The number of aromatic nitrogens is 2. The van der Waals surface area contributed by atoms with Crippen LogP contribution in [-0.4, -0.2) is 51.1 Å². The van der Waals surface area contributed by atoms with Crippen molar-refractivity contribution >= 4 is 34.7 Å². The molecule has 0 aliphatic heterocycles. The average Bonchev–Trinajstić information content (AvgIpc) is 2.85. The number of urea groups is 1. The molecule has 0 radical (unpaired) electrons. The summed E-state index contributed by atoms with van der Waals surface area (Å²) in [5.41, 5.74) is 7.72. The van der Waals surface area contributed by atoms with Crippen LogP contribution in [0.25, 0.3) is 11.0 Å². The number of nitrogens with zero attached hydrogens (tertiary/aromatic N) is 4. The van der Waals surface area contributed by atoms with Gasteiger partial charge >= 0.3 is 6.03 Å². The van der Waals surface area contributed by atoms with Crippen LogP contribution in [0.5, 0.6) is 0 Å². The van der Waals surface area contributed by atoms with E-state index in [1.807, 2.05) is 18.2 Å². The first kappa shape index (κ1) is 14.2. The van der Waals surface area contributed by atoms with Crippen LogP contribution in [-0.2, 0) is 11.3 Å². The molecule has 0 aliphatic carbocycles. The molecule has 1 aromatic heterocycles. The molecule has 0 aliphatic rings. The summed E-state index contributed by atoms with van der Waals surface area (Å²) in [4.78, 5) is 25.5. The fraction of sp³-hybridized carbons (Fsp3) is 0.333. The van der Waals surface area contributed by atoms with Gasteiger partial charge in [0, 0.05) is 20.6 Å².